The van der Waals surface area contributed by atoms with Gasteiger partial charge in [0.2, 0.25) is 5.91 Å². The Bertz CT molecular complexity index is 655. The van der Waals surface area contributed by atoms with Gasteiger partial charge in [0.15, 0.2) is 0 Å². The second kappa shape index (κ2) is 6.53. The third-order valence-corrected chi connectivity index (χ3v) is 9.79. The Balaban J connectivity index is 2.15. The standard InChI is InChI=1S/C20H25NO2Si/c1-20(2,3)24(17-10-6-4-7-11-17,18-12-8-5-9-13-18)23-16-14-19(22)21-15-16/h4-13,16H,14-15H2,1-3H3,(H,21,22)/t16-/m1/s1. The zero-order valence-electron chi connectivity index (χ0n) is 14.6. The minimum atomic E-state index is -2.54. The first kappa shape index (κ1) is 16.9. The van der Waals surface area contributed by atoms with Gasteiger partial charge in [-0.3, -0.25) is 4.79 Å². The zero-order valence-corrected chi connectivity index (χ0v) is 15.6. The second-order valence-electron chi connectivity index (χ2n) is 7.41. The molecular formula is C20H25NO2Si. The van der Waals surface area contributed by atoms with Crippen molar-refractivity contribution in [2.45, 2.75) is 38.3 Å². The fourth-order valence-corrected chi connectivity index (χ4v) is 8.28. The summed E-state index contributed by atoms with van der Waals surface area (Å²) in [5, 5.41) is 5.36. The van der Waals surface area contributed by atoms with Crippen LogP contribution in [0.1, 0.15) is 27.2 Å². The molecule has 3 rings (SSSR count). The molecule has 1 aliphatic rings. The van der Waals surface area contributed by atoms with Crippen LogP contribution < -0.4 is 15.7 Å². The molecule has 1 N–H and O–H groups in total. The van der Waals surface area contributed by atoms with Crippen molar-refractivity contribution in [1.82, 2.24) is 5.32 Å². The van der Waals surface area contributed by atoms with Crippen LogP contribution in [0.4, 0.5) is 0 Å². The van der Waals surface area contributed by atoms with Gasteiger partial charge < -0.3 is 9.74 Å². The first-order chi connectivity index (χ1) is 11.4. The topological polar surface area (TPSA) is 38.3 Å². The van der Waals surface area contributed by atoms with Crippen LogP contribution in [0.25, 0.3) is 0 Å². The van der Waals surface area contributed by atoms with E-state index in [9.17, 15) is 4.79 Å². The van der Waals surface area contributed by atoms with Gasteiger partial charge in [0.25, 0.3) is 8.32 Å². The number of amides is 1. The highest BCUT2D eigenvalue weighted by Gasteiger charge is 2.51. The molecule has 2 aromatic carbocycles. The van der Waals surface area contributed by atoms with Gasteiger partial charge in [-0.05, 0) is 15.4 Å². The van der Waals surface area contributed by atoms with Gasteiger partial charge in [-0.15, -0.1) is 0 Å². The second-order valence-corrected chi connectivity index (χ2v) is 11.7. The van der Waals surface area contributed by atoms with Crippen molar-refractivity contribution in [3.8, 4) is 0 Å². The van der Waals surface area contributed by atoms with Gasteiger partial charge in [-0.2, -0.15) is 0 Å². The van der Waals surface area contributed by atoms with E-state index in [4.69, 9.17) is 4.43 Å². The Kier molecular flexibility index (Phi) is 4.61. The first-order valence-electron chi connectivity index (χ1n) is 8.49. The largest absolute Gasteiger partial charge is 0.402 e. The number of nitrogens with one attached hydrogen (secondary N) is 1. The van der Waals surface area contributed by atoms with Crippen molar-refractivity contribution in [3.05, 3.63) is 60.7 Å². The van der Waals surface area contributed by atoms with Crippen molar-refractivity contribution in [2.24, 2.45) is 0 Å². The molecule has 0 radical (unpaired) electrons. The van der Waals surface area contributed by atoms with Crippen LogP contribution in [-0.4, -0.2) is 26.9 Å². The van der Waals surface area contributed by atoms with E-state index in [0.717, 1.165) is 0 Å². The maximum atomic E-state index is 11.7. The van der Waals surface area contributed by atoms with E-state index in [2.05, 4.69) is 74.6 Å². The van der Waals surface area contributed by atoms with Gasteiger partial charge in [0, 0.05) is 6.54 Å². The highest BCUT2D eigenvalue weighted by Crippen LogP contribution is 2.38. The zero-order chi connectivity index (χ0) is 17.2. The molecule has 1 saturated heterocycles. The first-order valence-corrected chi connectivity index (χ1v) is 10.4. The van der Waals surface area contributed by atoms with Crippen molar-refractivity contribution >= 4 is 24.6 Å². The molecule has 24 heavy (non-hydrogen) atoms. The lowest BCUT2D eigenvalue weighted by atomic mass is 10.2. The van der Waals surface area contributed by atoms with Gasteiger partial charge in [0.05, 0.1) is 12.5 Å². The molecule has 0 unspecified atom stereocenters. The Labute approximate surface area is 145 Å². The molecule has 1 fully saturated rings. The Morgan fingerprint density at radius 1 is 0.958 bits per heavy atom. The fraction of sp³-hybridized carbons (Fsp3) is 0.350. The van der Waals surface area contributed by atoms with Crippen molar-refractivity contribution < 1.29 is 9.22 Å². The average molecular weight is 340 g/mol. The molecule has 3 nitrogen and oxygen atoms in total. The summed E-state index contributed by atoms with van der Waals surface area (Å²) >= 11 is 0. The lowest BCUT2D eigenvalue weighted by molar-refractivity contribution is -0.119. The molecule has 2 aromatic rings. The van der Waals surface area contributed by atoms with Crippen LogP contribution in [0.5, 0.6) is 0 Å². The summed E-state index contributed by atoms with van der Waals surface area (Å²) in [6.07, 6.45) is 0.383. The molecule has 0 spiro atoms. The quantitative estimate of drug-likeness (QED) is 0.869. The minimum Gasteiger partial charge on any atom is -0.402 e. The summed E-state index contributed by atoms with van der Waals surface area (Å²) in [5.74, 6) is 0.0814. The van der Waals surface area contributed by atoms with E-state index in [0.29, 0.717) is 13.0 Å². The Morgan fingerprint density at radius 2 is 1.46 bits per heavy atom. The van der Waals surface area contributed by atoms with Crippen molar-refractivity contribution in [2.75, 3.05) is 6.54 Å². The van der Waals surface area contributed by atoms with Gasteiger partial charge in [0.1, 0.15) is 0 Å². The molecule has 1 amide bonds. The molecular weight excluding hydrogens is 314 g/mol. The monoisotopic (exact) mass is 339 g/mol. The third kappa shape index (κ3) is 3.04. The predicted molar refractivity (Wildman–Crippen MR) is 100 cm³/mol. The van der Waals surface area contributed by atoms with E-state index in [1.807, 2.05) is 12.1 Å². The molecule has 1 aliphatic heterocycles. The van der Waals surface area contributed by atoms with Gasteiger partial charge >= 0.3 is 0 Å². The van der Waals surface area contributed by atoms with E-state index in [1.165, 1.54) is 10.4 Å². The summed E-state index contributed by atoms with van der Waals surface area (Å²) in [6, 6.07) is 21.1. The summed E-state index contributed by atoms with van der Waals surface area (Å²) in [4.78, 5) is 11.7. The maximum absolute atomic E-state index is 11.7. The number of benzene rings is 2. The smallest absolute Gasteiger partial charge is 0.261 e. The molecule has 4 heteroatoms. The van der Waals surface area contributed by atoms with E-state index < -0.39 is 8.32 Å². The number of hydrogen-bond donors (Lipinski definition) is 1. The van der Waals surface area contributed by atoms with Gasteiger partial charge in [-0.1, -0.05) is 81.4 Å². The highest BCUT2D eigenvalue weighted by atomic mass is 28.4. The molecule has 0 bridgehead atoms. The lowest BCUT2D eigenvalue weighted by Crippen LogP contribution is -2.67. The van der Waals surface area contributed by atoms with E-state index >= 15 is 0 Å². The Morgan fingerprint density at radius 3 is 1.83 bits per heavy atom. The van der Waals surface area contributed by atoms with Crippen molar-refractivity contribution in [1.29, 1.82) is 0 Å². The normalized spacial score (nSPS) is 18.5. The number of hydrogen-bond acceptors (Lipinski definition) is 2. The number of carbonyl (C=O) groups is 1. The highest BCUT2D eigenvalue weighted by molar-refractivity contribution is 6.99. The molecule has 0 aliphatic carbocycles. The summed E-state index contributed by atoms with van der Waals surface area (Å²) < 4.78 is 6.86. The Hall–Kier alpha value is -1.91. The molecule has 0 aromatic heterocycles. The SMILES string of the molecule is CC(C)(C)[Si](O[C@H]1CNC(=O)C1)(c1ccccc1)c1ccccc1. The average Bonchev–Trinajstić information content (AvgIpc) is 2.98. The maximum Gasteiger partial charge on any atom is 0.261 e. The summed E-state index contributed by atoms with van der Waals surface area (Å²) in [5.41, 5.74) is 0. The van der Waals surface area contributed by atoms with E-state index in [1.54, 1.807) is 0 Å². The third-order valence-electron chi connectivity index (χ3n) is 4.70. The van der Waals surface area contributed by atoms with E-state index in [-0.39, 0.29) is 17.0 Å². The fourth-order valence-electron chi connectivity index (χ4n) is 3.60. The van der Waals surface area contributed by atoms with Crippen LogP contribution in [-0.2, 0) is 9.22 Å². The minimum absolute atomic E-state index is 0.0542. The number of rotatable bonds is 4. The van der Waals surface area contributed by atoms with Crippen LogP contribution in [0.2, 0.25) is 5.04 Å². The van der Waals surface area contributed by atoms with Crippen molar-refractivity contribution in [3.63, 3.8) is 0 Å². The van der Waals surface area contributed by atoms with Crippen LogP contribution in [0.3, 0.4) is 0 Å². The lowest BCUT2D eigenvalue weighted by Gasteiger charge is -2.44. The van der Waals surface area contributed by atoms with Crippen LogP contribution in [0, 0.1) is 0 Å². The molecule has 126 valence electrons. The molecule has 1 heterocycles. The summed E-state index contributed by atoms with van der Waals surface area (Å²) in [7, 11) is -2.54. The van der Waals surface area contributed by atoms with Crippen LogP contribution in [0.15, 0.2) is 60.7 Å². The number of carbonyl (C=O) groups excluding carboxylic acids is 1. The molecule has 1 atom stereocenters. The predicted octanol–water partition coefficient (Wildman–Crippen LogP) is 2.45. The van der Waals surface area contributed by atoms with Crippen LogP contribution >= 0.6 is 0 Å². The summed E-state index contributed by atoms with van der Waals surface area (Å²) in [6.45, 7) is 7.36. The molecule has 0 saturated carbocycles. The van der Waals surface area contributed by atoms with Gasteiger partial charge in [-0.25, -0.2) is 0 Å².